The number of methoxy groups -OCH3 is 1. The summed E-state index contributed by atoms with van der Waals surface area (Å²) in [5.74, 6) is -1.16. The summed E-state index contributed by atoms with van der Waals surface area (Å²) in [6.07, 6.45) is 2.59. The third kappa shape index (κ3) is 10.6. The van der Waals surface area contributed by atoms with Crippen LogP contribution in [0.15, 0.2) is 41.4 Å². The minimum absolute atomic E-state index is 0.0306. The Bertz CT molecular complexity index is 1490. The third-order valence-corrected chi connectivity index (χ3v) is 7.80. The summed E-state index contributed by atoms with van der Waals surface area (Å²) in [7, 11) is 5.07. The number of fused-ring (bicyclic) bond motifs is 1. The summed E-state index contributed by atoms with van der Waals surface area (Å²) in [6.45, 7) is 11.1. The van der Waals surface area contributed by atoms with Gasteiger partial charge in [0.25, 0.3) is 0 Å². The molecule has 4 rings (SSSR count). The van der Waals surface area contributed by atoms with Gasteiger partial charge in [0.15, 0.2) is 5.78 Å². The van der Waals surface area contributed by atoms with E-state index in [9.17, 15) is 23.2 Å². The fourth-order valence-corrected chi connectivity index (χ4v) is 5.33. The van der Waals surface area contributed by atoms with Gasteiger partial charge in [0.1, 0.15) is 29.4 Å². The van der Waals surface area contributed by atoms with Crippen molar-refractivity contribution in [2.75, 3.05) is 47.5 Å². The second-order valence-electron chi connectivity index (χ2n) is 13.7. The first-order chi connectivity index (χ1) is 22.5. The number of aliphatic imine (C=N–C) groups is 1. The number of ketones is 1. The SMILES string of the molecule is CN(CCC(=O)c1cc(F)ccc1C1=NC(C)(C)CO1)C(=O)OC(C)(C)C.CNCCC1(CCCCOC)OC(=O)c2ccc(F)cc21. The molecule has 2 heterocycles. The van der Waals surface area contributed by atoms with Crippen LogP contribution in [-0.4, -0.2) is 87.3 Å². The van der Waals surface area contributed by atoms with Gasteiger partial charge in [-0.15, -0.1) is 0 Å². The van der Waals surface area contributed by atoms with Gasteiger partial charge >= 0.3 is 12.1 Å². The predicted molar refractivity (Wildman–Crippen MR) is 179 cm³/mol. The smallest absolute Gasteiger partial charge is 0.410 e. The molecule has 1 atom stereocenters. The molecule has 0 radical (unpaired) electrons. The van der Waals surface area contributed by atoms with Crippen molar-refractivity contribution >= 4 is 23.7 Å². The van der Waals surface area contributed by atoms with E-state index in [4.69, 9.17) is 18.9 Å². The van der Waals surface area contributed by atoms with Gasteiger partial charge < -0.3 is 29.2 Å². The van der Waals surface area contributed by atoms with Crippen LogP contribution in [-0.2, 0) is 24.5 Å². The summed E-state index contributed by atoms with van der Waals surface area (Å²) in [5.41, 5.74) is 0.109. The van der Waals surface area contributed by atoms with E-state index in [1.54, 1.807) is 34.9 Å². The van der Waals surface area contributed by atoms with Crippen LogP contribution in [0.1, 0.15) is 98.6 Å². The number of amides is 1. The van der Waals surface area contributed by atoms with Crippen molar-refractivity contribution in [2.24, 2.45) is 4.99 Å². The maximum Gasteiger partial charge on any atom is 0.410 e. The molecule has 264 valence electrons. The monoisotopic (exact) mass is 673 g/mol. The summed E-state index contributed by atoms with van der Waals surface area (Å²) in [5, 5.41) is 3.07. The Hall–Kier alpha value is -3.90. The molecular formula is C36H49F2N3O7. The van der Waals surface area contributed by atoms with Gasteiger partial charge in [-0.3, -0.25) is 4.79 Å². The van der Waals surface area contributed by atoms with Crippen molar-refractivity contribution < 1.29 is 42.1 Å². The van der Waals surface area contributed by atoms with Gasteiger partial charge in [-0.1, -0.05) is 0 Å². The molecule has 12 heteroatoms. The maximum atomic E-state index is 13.7. The average molecular weight is 674 g/mol. The van der Waals surface area contributed by atoms with E-state index in [1.165, 1.54) is 41.3 Å². The number of hydrogen-bond donors (Lipinski definition) is 1. The Morgan fingerprint density at radius 2 is 1.71 bits per heavy atom. The van der Waals surface area contributed by atoms with Crippen LogP contribution in [0.2, 0.25) is 0 Å². The average Bonchev–Trinajstić information content (AvgIpc) is 3.51. The number of cyclic esters (lactones) is 1. The molecule has 0 saturated carbocycles. The zero-order valence-electron chi connectivity index (χ0n) is 29.3. The second kappa shape index (κ2) is 16.5. The maximum absolute atomic E-state index is 13.7. The lowest BCUT2D eigenvalue weighted by molar-refractivity contribution is -0.0191. The lowest BCUT2D eigenvalue weighted by Gasteiger charge is -2.29. The first kappa shape index (κ1) is 38.5. The van der Waals surface area contributed by atoms with Crippen molar-refractivity contribution in [2.45, 2.75) is 83.5 Å². The van der Waals surface area contributed by atoms with E-state index < -0.39 is 23.1 Å². The van der Waals surface area contributed by atoms with Gasteiger partial charge in [-0.25, -0.2) is 23.4 Å². The zero-order chi connectivity index (χ0) is 35.7. The number of Topliss-reactive ketones (excluding diaryl/α,β-unsaturated/α-hetero) is 1. The topological polar surface area (TPSA) is 116 Å². The number of unbranched alkanes of at least 4 members (excludes halogenated alkanes) is 1. The highest BCUT2D eigenvalue weighted by atomic mass is 19.1. The Morgan fingerprint density at radius 1 is 1.04 bits per heavy atom. The minimum Gasteiger partial charge on any atom is -0.475 e. The quantitative estimate of drug-likeness (QED) is 0.147. The molecular weight excluding hydrogens is 624 g/mol. The van der Waals surface area contributed by atoms with E-state index >= 15 is 0 Å². The molecule has 1 unspecified atom stereocenters. The van der Waals surface area contributed by atoms with Gasteiger partial charge in [0.2, 0.25) is 5.90 Å². The molecule has 2 aromatic rings. The molecule has 2 aliphatic heterocycles. The van der Waals surface area contributed by atoms with Gasteiger partial charge in [-0.05, 0) is 104 Å². The molecule has 2 aliphatic rings. The highest BCUT2D eigenvalue weighted by molar-refractivity contribution is 6.08. The molecule has 0 aromatic heterocycles. The number of benzene rings is 2. The number of nitrogens with one attached hydrogen (secondary N) is 1. The molecule has 0 saturated heterocycles. The molecule has 0 fully saturated rings. The molecule has 48 heavy (non-hydrogen) atoms. The first-order valence-corrected chi connectivity index (χ1v) is 16.2. The van der Waals surface area contributed by atoms with E-state index in [2.05, 4.69) is 10.3 Å². The molecule has 1 amide bonds. The Kier molecular flexibility index (Phi) is 13.2. The van der Waals surface area contributed by atoms with Crippen LogP contribution < -0.4 is 5.32 Å². The number of carbonyl (C=O) groups excluding carboxylic acids is 3. The number of esters is 1. The second-order valence-corrected chi connectivity index (χ2v) is 13.7. The summed E-state index contributed by atoms with van der Waals surface area (Å²) in [6, 6.07) is 8.22. The minimum atomic E-state index is -0.717. The number of nitrogens with zero attached hydrogens (tertiary/aromatic N) is 2. The normalized spacial score (nSPS) is 17.8. The lowest BCUT2D eigenvalue weighted by Crippen LogP contribution is -2.35. The zero-order valence-corrected chi connectivity index (χ0v) is 29.3. The molecule has 10 nitrogen and oxygen atoms in total. The van der Waals surface area contributed by atoms with Gasteiger partial charge in [-0.2, -0.15) is 0 Å². The fraction of sp³-hybridized carbons (Fsp3) is 0.556. The Morgan fingerprint density at radius 3 is 2.31 bits per heavy atom. The van der Waals surface area contributed by atoms with E-state index in [1.807, 2.05) is 20.9 Å². The molecule has 0 aliphatic carbocycles. The fourth-order valence-electron chi connectivity index (χ4n) is 5.33. The number of halogens is 2. The van der Waals surface area contributed by atoms with Crippen molar-refractivity contribution in [1.29, 1.82) is 0 Å². The highest BCUT2D eigenvalue weighted by Gasteiger charge is 2.44. The van der Waals surface area contributed by atoms with Crippen LogP contribution in [0.25, 0.3) is 0 Å². The molecule has 0 spiro atoms. The molecule has 2 aromatic carbocycles. The van der Waals surface area contributed by atoms with Crippen molar-refractivity contribution in [1.82, 2.24) is 10.2 Å². The number of ether oxygens (including phenoxy) is 4. The Balaban J connectivity index is 0.000000269. The van der Waals surface area contributed by atoms with Crippen LogP contribution in [0.5, 0.6) is 0 Å². The summed E-state index contributed by atoms with van der Waals surface area (Å²) in [4.78, 5) is 42.5. The Labute approximate surface area is 282 Å². The number of hydrogen-bond acceptors (Lipinski definition) is 9. The number of rotatable bonds is 13. The third-order valence-electron chi connectivity index (χ3n) is 7.80. The summed E-state index contributed by atoms with van der Waals surface area (Å²) >= 11 is 0. The van der Waals surface area contributed by atoms with Crippen molar-refractivity contribution in [3.8, 4) is 0 Å². The van der Waals surface area contributed by atoms with Crippen LogP contribution in [0.3, 0.4) is 0 Å². The van der Waals surface area contributed by atoms with E-state index in [0.29, 0.717) is 55.2 Å². The first-order valence-electron chi connectivity index (χ1n) is 16.2. The van der Waals surface area contributed by atoms with E-state index in [-0.39, 0.29) is 41.6 Å². The largest absolute Gasteiger partial charge is 0.475 e. The summed E-state index contributed by atoms with van der Waals surface area (Å²) < 4.78 is 48.9. The highest BCUT2D eigenvalue weighted by Crippen LogP contribution is 2.43. The predicted octanol–water partition coefficient (Wildman–Crippen LogP) is 6.44. The van der Waals surface area contributed by atoms with E-state index in [0.717, 1.165) is 12.8 Å². The van der Waals surface area contributed by atoms with Crippen molar-refractivity contribution in [3.63, 3.8) is 0 Å². The standard InChI is InChI=1S/C20H27FN2O4.C16H22FNO3/c1-19(2,3)27-18(25)23(6)10-9-16(24)15-11-13(21)7-8-14(15)17-22-20(4,5)12-26-17;1-18-9-8-16(7-3-4-10-20-2)14-11-12(17)5-6-13(14)15(19)21-16/h7-8,11H,9-10,12H2,1-6H3;5-6,11,18H,3-4,7-10H2,1-2H3. The van der Waals surface area contributed by atoms with Crippen LogP contribution in [0.4, 0.5) is 13.6 Å². The molecule has 0 bridgehead atoms. The molecule has 1 N–H and O–H groups in total. The lowest BCUT2D eigenvalue weighted by atomic mass is 9.84. The van der Waals surface area contributed by atoms with Crippen molar-refractivity contribution in [3.05, 3.63) is 70.3 Å². The number of carbonyl (C=O) groups is 3. The van der Waals surface area contributed by atoms with Gasteiger partial charge in [0, 0.05) is 56.8 Å². The van der Waals surface area contributed by atoms with Gasteiger partial charge in [0.05, 0.1) is 11.1 Å². The van der Waals surface area contributed by atoms with Crippen LogP contribution >= 0.6 is 0 Å². The van der Waals surface area contributed by atoms with Crippen LogP contribution in [0, 0.1) is 11.6 Å².